The van der Waals surface area contributed by atoms with Gasteiger partial charge in [0, 0.05) is 15.5 Å². The van der Waals surface area contributed by atoms with Crippen LogP contribution in [0.5, 0.6) is 0 Å². The molecule has 96 valence electrons. The molecule has 1 aromatic rings. The minimum Gasteiger partial charge on any atom is -0.374 e. The van der Waals surface area contributed by atoms with Crippen LogP contribution in [-0.2, 0) is 4.79 Å². The number of amides is 1. The summed E-state index contributed by atoms with van der Waals surface area (Å²) in [7, 11) is 0. The van der Waals surface area contributed by atoms with Crippen LogP contribution in [0.2, 0.25) is 0 Å². The molecule has 0 radical (unpaired) electrons. The maximum atomic E-state index is 11.5. The highest BCUT2D eigenvalue weighted by atomic mass is 79.9. The molecule has 0 spiro atoms. The molecular formula is C12H13Br2N3O. The Morgan fingerprint density at radius 3 is 2.56 bits per heavy atom. The molecule has 4 nitrogen and oxygen atoms in total. The van der Waals surface area contributed by atoms with Crippen molar-refractivity contribution in [3.63, 3.8) is 0 Å². The van der Waals surface area contributed by atoms with Gasteiger partial charge in [-0.1, -0.05) is 0 Å². The second-order valence-electron chi connectivity index (χ2n) is 3.72. The Labute approximate surface area is 123 Å². The topological polar surface area (TPSA) is 64.9 Å². The Balaban J connectivity index is 2.54. The average molecular weight is 375 g/mol. The molecular weight excluding hydrogens is 362 g/mol. The molecule has 1 rings (SSSR count). The van der Waals surface area contributed by atoms with Crippen molar-refractivity contribution < 1.29 is 4.79 Å². The molecule has 2 N–H and O–H groups in total. The van der Waals surface area contributed by atoms with Gasteiger partial charge in [0.15, 0.2) is 0 Å². The van der Waals surface area contributed by atoms with E-state index in [0.717, 1.165) is 20.2 Å². The minimum absolute atomic E-state index is 0.135. The molecule has 0 aliphatic heterocycles. The van der Waals surface area contributed by atoms with Gasteiger partial charge in [-0.2, -0.15) is 5.26 Å². The third-order valence-corrected chi connectivity index (χ3v) is 3.42. The lowest BCUT2D eigenvalue weighted by molar-refractivity contribution is -0.119. The van der Waals surface area contributed by atoms with Crippen molar-refractivity contribution in [1.29, 1.82) is 5.26 Å². The molecule has 0 aliphatic carbocycles. The van der Waals surface area contributed by atoms with Crippen LogP contribution in [0.4, 0.5) is 5.69 Å². The smallest absolute Gasteiger partial charge is 0.239 e. The average Bonchev–Trinajstić information content (AvgIpc) is 2.27. The molecule has 6 heteroatoms. The number of hydrogen-bond acceptors (Lipinski definition) is 3. The van der Waals surface area contributed by atoms with Crippen LogP contribution in [0, 0.1) is 18.3 Å². The number of carbonyl (C=O) groups excluding carboxylic acids is 1. The molecule has 0 saturated carbocycles. The van der Waals surface area contributed by atoms with Crippen LogP contribution in [0.1, 0.15) is 12.0 Å². The predicted molar refractivity (Wildman–Crippen MR) is 78.3 cm³/mol. The van der Waals surface area contributed by atoms with Crippen LogP contribution < -0.4 is 10.6 Å². The lowest BCUT2D eigenvalue weighted by Gasteiger charge is -2.11. The number of carbonyl (C=O) groups is 1. The van der Waals surface area contributed by atoms with Gasteiger partial charge in [-0.05, 0) is 56.5 Å². The van der Waals surface area contributed by atoms with Gasteiger partial charge in [0.2, 0.25) is 5.91 Å². The fraction of sp³-hybridized carbons (Fsp3) is 0.333. The zero-order valence-corrected chi connectivity index (χ0v) is 13.1. The van der Waals surface area contributed by atoms with Gasteiger partial charge in [-0.15, -0.1) is 0 Å². The summed E-state index contributed by atoms with van der Waals surface area (Å²) < 4.78 is 1.80. The van der Waals surface area contributed by atoms with E-state index in [9.17, 15) is 4.79 Å². The van der Waals surface area contributed by atoms with Gasteiger partial charge in [0.05, 0.1) is 24.7 Å². The van der Waals surface area contributed by atoms with Gasteiger partial charge >= 0.3 is 0 Å². The van der Waals surface area contributed by atoms with Crippen molar-refractivity contribution in [3.05, 3.63) is 26.6 Å². The van der Waals surface area contributed by atoms with Gasteiger partial charge in [-0.3, -0.25) is 4.79 Å². The summed E-state index contributed by atoms with van der Waals surface area (Å²) in [4.78, 5) is 11.5. The first-order chi connectivity index (χ1) is 8.54. The maximum Gasteiger partial charge on any atom is 0.239 e. The van der Waals surface area contributed by atoms with Crippen LogP contribution in [0.3, 0.4) is 0 Å². The van der Waals surface area contributed by atoms with E-state index in [2.05, 4.69) is 42.5 Å². The molecule has 0 saturated heterocycles. The number of anilines is 1. The molecule has 0 unspecified atom stereocenters. The second kappa shape index (κ2) is 7.39. The van der Waals surface area contributed by atoms with E-state index in [-0.39, 0.29) is 12.5 Å². The summed E-state index contributed by atoms with van der Waals surface area (Å²) in [5.74, 6) is -0.135. The molecule has 1 aromatic carbocycles. The van der Waals surface area contributed by atoms with Crippen LogP contribution in [0.25, 0.3) is 0 Å². The summed E-state index contributed by atoms with van der Waals surface area (Å²) in [6.45, 7) is 2.55. The quantitative estimate of drug-likeness (QED) is 0.778. The standard InChI is InChI=1S/C12H13Br2N3O/c1-8-5-9(13)12(10(14)6-8)17-7-11(18)16-4-2-3-15/h5-6,17H,2,4,7H2,1H3,(H,16,18). The molecule has 0 aromatic heterocycles. The maximum absolute atomic E-state index is 11.5. The highest BCUT2D eigenvalue weighted by molar-refractivity contribution is 9.11. The molecule has 0 atom stereocenters. The SMILES string of the molecule is Cc1cc(Br)c(NCC(=O)NCCC#N)c(Br)c1. The second-order valence-corrected chi connectivity index (χ2v) is 5.42. The van der Waals surface area contributed by atoms with Crippen molar-refractivity contribution >= 4 is 43.5 Å². The Hall–Kier alpha value is -1.06. The first-order valence-corrected chi connectivity index (χ1v) is 6.96. The highest BCUT2D eigenvalue weighted by Crippen LogP contribution is 2.31. The van der Waals surface area contributed by atoms with Crippen molar-refractivity contribution in [3.8, 4) is 6.07 Å². The zero-order chi connectivity index (χ0) is 13.5. The molecule has 0 aliphatic rings. The number of aryl methyl sites for hydroxylation is 1. The van der Waals surface area contributed by atoms with Gasteiger partial charge in [0.1, 0.15) is 0 Å². The monoisotopic (exact) mass is 373 g/mol. The van der Waals surface area contributed by atoms with Crippen molar-refractivity contribution in [1.82, 2.24) is 5.32 Å². The van der Waals surface area contributed by atoms with Crippen LogP contribution >= 0.6 is 31.9 Å². The van der Waals surface area contributed by atoms with E-state index < -0.39 is 0 Å². The van der Waals surface area contributed by atoms with E-state index in [0.29, 0.717) is 13.0 Å². The Morgan fingerprint density at radius 1 is 1.39 bits per heavy atom. The van der Waals surface area contributed by atoms with Crippen molar-refractivity contribution in [2.45, 2.75) is 13.3 Å². The van der Waals surface area contributed by atoms with Crippen LogP contribution in [0.15, 0.2) is 21.1 Å². The number of rotatable bonds is 5. The number of halogens is 2. The number of nitrogens with zero attached hydrogens (tertiary/aromatic N) is 1. The Kier molecular flexibility index (Phi) is 6.16. The third kappa shape index (κ3) is 4.67. The summed E-state index contributed by atoms with van der Waals surface area (Å²) in [6, 6.07) is 5.92. The predicted octanol–water partition coefficient (Wildman–Crippen LogP) is 2.96. The van der Waals surface area contributed by atoms with Gasteiger partial charge < -0.3 is 10.6 Å². The van der Waals surface area contributed by atoms with Crippen LogP contribution in [-0.4, -0.2) is 19.0 Å². The summed E-state index contributed by atoms with van der Waals surface area (Å²) in [6.07, 6.45) is 0.323. The fourth-order valence-corrected chi connectivity index (χ4v) is 3.05. The van der Waals surface area contributed by atoms with E-state index >= 15 is 0 Å². The first-order valence-electron chi connectivity index (χ1n) is 5.37. The number of benzene rings is 1. The summed E-state index contributed by atoms with van der Waals surface area (Å²) in [5, 5.41) is 14.1. The van der Waals surface area contributed by atoms with Crippen molar-refractivity contribution in [2.24, 2.45) is 0 Å². The van der Waals surface area contributed by atoms with E-state index in [1.165, 1.54) is 0 Å². The third-order valence-electron chi connectivity index (χ3n) is 2.17. The van der Waals surface area contributed by atoms with E-state index in [4.69, 9.17) is 5.26 Å². The van der Waals surface area contributed by atoms with Gasteiger partial charge in [0.25, 0.3) is 0 Å². The summed E-state index contributed by atoms with van der Waals surface area (Å²) in [5.41, 5.74) is 1.97. The normalized spacial score (nSPS) is 9.67. The molecule has 0 heterocycles. The molecule has 0 bridgehead atoms. The fourth-order valence-electron chi connectivity index (χ4n) is 1.36. The van der Waals surface area contributed by atoms with E-state index in [1.807, 2.05) is 25.1 Å². The first kappa shape index (κ1) is 15.0. The summed E-state index contributed by atoms with van der Waals surface area (Å²) >= 11 is 6.89. The Morgan fingerprint density at radius 2 is 2.00 bits per heavy atom. The lowest BCUT2D eigenvalue weighted by Crippen LogP contribution is -2.30. The number of hydrogen-bond donors (Lipinski definition) is 2. The molecule has 0 fully saturated rings. The van der Waals surface area contributed by atoms with Gasteiger partial charge in [-0.25, -0.2) is 0 Å². The lowest BCUT2D eigenvalue weighted by atomic mass is 10.2. The number of nitrogens with one attached hydrogen (secondary N) is 2. The minimum atomic E-state index is -0.135. The zero-order valence-electron chi connectivity index (χ0n) is 9.89. The number of nitriles is 1. The largest absolute Gasteiger partial charge is 0.374 e. The molecule has 18 heavy (non-hydrogen) atoms. The van der Waals surface area contributed by atoms with E-state index in [1.54, 1.807) is 0 Å². The highest BCUT2D eigenvalue weighted by Gasteiger charge is 2.07. The van der Waals surface area contributed by atoms with Crippen molar-refractivity contribution in [2.75, 3.05) is 18.4 Å². The molecule has 1 amide bonds. The Bertz CT molecular complexity index is 460.